The molecule has 72 valence electrons. The molecule has 0 saturated carbocycles. The molecule has 1 heterocycles. The van der Waals surface area contributed by atoms with Crippen LogP contribution in [0.4, 0.5) is 0 Å². The second-order valence-corrected chi connectivity index (χ2v) is 3.38. The number of methoxy groups -OCH3 is 1. The van der Waals surface area contributed by atoms with Crippen LogP contribution in [0.15, 0.2) is 18.7 Å². The zero-order valence-electron chi connectivity index (χ0n) is 8.06. The maximum absolute atomic E-state index is 9.84. The van der Waals surface area contributed by atoms with E-state index in [0.717, 1.165) is 0 Å². The molecular formula is C9H14N2O2. The van der Waals surface area contributed by atoms with Gasteiger partial charge in [-0.25, -0.2) is 9.97 Å². The summed E-state index contributed by atoms with van der Waals surface area (Å²) in [4.78, 5) is 7.65. The lowest BCUT2D eigenvalue weighted by Gasteiger charge is -2.28. The number of nitrogens with zero attached hydrogens (tertiary/aromatic N) is 2. The molecule has 0 aliphatic heterocycles. The van der Waals surface area contributed by atoms with Gasteiger partial charge in [0, 0.05) is 25.1 Å². The third-order valence-corrected chi connectivity index (χ3v) is 2.08. The largest absolute Gasteiger partial charge is 0.385 e. The van der Waals surface area contributed by atoms with E-state index in [1.54, 1.807) is 19.5 Å². The Morgan fingerprint density at radius 2 is 1.92 bits per heavy atom. The van der Waals surface area contributed by atoms with Crippen molar-refractivity contribution in [1.82, 2.24) is 9.97 Å². The number of hydrogen-bond acceptors (Lipinski definition) is 4. The van der Waals surface area contributed by atoms with E-state index >= 15 is 0 Å². The van der Waals surface area contributed by atoms with Crippen LogP contribution in [0, 0.1) is 0 Å². The molecule has 1 unspecified atom stereocenters. The summed E-state index contributed by atoms with van der Waals surface area (Å²) in [7, 11) is 1.56. The number of rotatable bonds is 3. The van der Waals surface area contributed by atoms with Gasteiger partial charge in [-0.3, -0.25) is 0 Å². The van der Waals surface area contributed by atoms with Crippen molar-refractivity contribution < 1.29 is 9.84 Å². The Labute approximate surface area is 77.6 Å². The average molecular weight is 182 g/mol. The first-order chi connectivity index (χ1) is 6.08. The Kier molecular flexibility index (Phi) is 2.95. The normalized spacial score (nSPS) is 14.2. The highest BCUT2D eigenvalue weighted by Gasteiger charge is 2.28. The Morgan fingerprint density at radius 3 is 2.38 bits per heavy atom. The van der Waals surface area contributed by atoms with Crippen molar-refractivity contribution in [3.63, 3.8) is 0 Å². The first-order valence-corrected chi connectivity index (χ1v) is 4.06. The van der Waals surface area contributed by atoms with Gasteiger partial charge < -0.3 is 9.84 Å². The predicted octanol–water partition coefficient (Wildman–Crippen LogP) is 0.935. The van der Waals surface area contributed by atoms with Crippen molar-refractivity contribution in [3.8, 4) is 0 Å². The van der Waals surface area contributed by atoms with E-state index in [1.807, 2.05) is 13.8 Å². The summed E-state index contributed by atoms with van der Waals surface area (Å²) in [6.07, 6.45) is 3.88. The minimum Gasteiger partial charge on any atom is -0.385 e. The van der Waals surface area contributed by atoms with E-state index in [1.165, 1.54) is 6.33 Å². The summed E-state index contributed by atoms with van der Waals surface area (Å²) in [5, 5.41) is 9.84. The van der Waals surface area contributed by atoms with Gasteiger partial charge in [0.25, 0.3) is 0 Å². The van der Waals surface area contributed by atoms with Gasteiger partial charge in [-0.05, 0) is 13.8 Å². The summed E-state index contributed by atoms with van der Waals surface area (Å²) >= 11 is 0. The standard InChI is InChI=1S/C9H14N2O2/c1-9(2,13-3)8(12)7-4-10-6-11-5-7/h4-6,8,12H,1-3H3. The van der Waals surface area contributed by atoms with E-state index < -0.39 is 11.7 Å². The Balaban J connectivity index is 2.85. The molecule has 0 aliphatic rings. The summed E-state index contributed by atoms with van der Waals surface area (Å²) in [5.74, 6) is 0. The summed E-state index contributed by atoms with van der Waals surface area (Å²) < 4.78 is 5.15. The molecule has 0 amide bonds. The molecule has 0 saturated heterocycles. The molecule has 0 fully saturated rings. The van der Waals surface area contributed by atoms with E-state index in [0.29, 0.717) is 5.56 Å². The van der Waals surface area contributed by atoms with E-state index in [4.69, 9.17) is 4.74 Å². The lowest BCUT2D eigenvalue weighted by Crippen LogP contribution is -2.31. The molecule has 1 N–H and O–H groups in total. The van der Waals surface area contributed by atoms with Crippen LogP contribution in [0.2, 0.25) is 0 Å². The van der Waals surface area contributed by atoms with Gasteiger partial charge in [-0.2, -0.15) is 0 Å². The van der Waals surface area contributed by atoms with Crippen molar-refractivity contribution in [1.29, 1.82) is 0 Å². The maximum Gasteiger partial charge on any atom is 0.115 e. The summed E-state index contributed by atoms with van der Waals surface area (Å²) in [6.45, 7) is 3.62. The first-order valence-electron chi connectivity index (χ1n) is 4.06. The molecule has 13 heavy (non-hydrogen) atoms. The van der Waals surface area contributed by atoms with Gasteiger partial charge in [0.05, 0.1) is 5.60 Å². The van der Waals surface area contributed by atoms with Crippen LogP contribution in [0.3, 0.4) is 0 Å². The number of aliphatic hydroxyl groups excluding tert-OH is 1. The molecule has 1 rings (SSSR count). The number of hydrogen-bond donors (Lipinski definition) is 1. The van der Waals surface area contributed by atoms with Crippen LogP contribution in [-0.4, -0.2) is 27.8 Å². The highest BCUT2D eigenvalue weighted by atomic mass is 16.5. The lowest BCUT2D eigenvalue weighted by molar-refractivity contribution is -0.0795. The van der Waals surface area contributed by atoms with Crippen LogP contribution >= 0.6 is 0 Å². The zero-order valence-corrected chi connectivity index (χ0v) is 8.06. The average Bonchev–Trinajstić information content (AvgIpc) is 2.18. The Morgan fingerprint density at radius 1 is 1.38 bits per heavy atom. The van der Waals surface area contributed by atoms with Crippen molar-refractivity contribution in [3.05, 3.63) is 24.3 Å². The van der Waals surface area contributed by atoms with Crippen molar-refractivity contribution >= 4 is 0 Å². The minimum atomic E-state index is -0.710. The lowest BCUT2D eigenvalue weighted by atomic mass is 9.97. The van der Waals surface area contributed by atoms with Crippen LogP contribution in [0.25, 0.3) is 0 Å². The quantitative estimate of drug-likeness (QED) is 0.755. The fourth-order valence-corrected chi connectivity index (χ4v) is 0.965. The van der Waals surface area contributed by atoms with Crippen LogP contribution in [0.5, 0.6) is 0 Å². The highest BCUT2D eigenvalue weighted by molar-refractivity contribution is 5.10. The molecule has 0 aromatic carbocycles. The third kappa shape index (κ3) is 2.23. The molecule has 1 aromatic rings. The number of aliphatic hydroxyl groups is 1. The smallest absolute Gasteiger partial charge is 0.115 e. The van der Waals surface area contributed by atoms with Crippen molar-refractivity contribution in [2.75, 3.05) is 7.11 Å². The zero-order chi connectivity index (χ0) is 9.90. The maximum atomic E-state index is 9.84. The second-order valence-electron chi connectivity index (χ2n) is 3.38. The van der Waals surface area contributed by atoms with E-state index in [2.05, 4.69) is 9.97 Å². The minimum absolute atomic E-state index is 0.620. The molecule has 4 heteroatoms. The number of ether oxygens (including phenoxy) is 1. The first kappa shape index (κ1) is 10.1. The van der Waals surface area contributed by atoms with Crippen LogP contribution in [0.1, 0.15) is 25.5 Å². The second kappa shape index (κ2) is 3.81. The van der Waals surface area contributed by atoms with Gasteiger partial charge in [-0.1, -0.05) is 0 Å². The molecule has 0 bridgehead atoms. The molecule has 0 spiro atoms. The Bertz CT molecular complexity index is 262. The van der Waals surface area contributed by atoms with E-state index in [9.17, 15) is 5.11 Å². The Hall–Kier alpha value is -1.00. The number of aromatic nitrogens is 2. The summed E-state index contributed by atoms with van der Waals surface area (Å²) in [5.41, 5.74) is 0.0411. The van der Waals surface area contributed by atoms with Gasteiger partial charge >= 0.3 is 0 Å². The highest BCUT2D eigenvalue weighted by Crippen LogP contribution is 2.26. The molecule has 0 radical (unpaired) electrons. The van der Waals surface area contributed by atoms with Gasteiger partial charge in [0.15, 0.2) is 0 Å². The third-order valence-electron chi connectivity index (χ3n) is 2.08. The van der Waals surface area contributed by atoms with Gasteiger partial charge in [0.2, 0.25) is 0 Å². The van der Waals surface area contributed by atoms with Crippen molar-refractivity contribution in [2.45, 2.75) is 25.6 Å². The molecule has 1 aromatic heterocycles. The summed E-state index contributed by atoms with van der Waals surface area (Å²) in [6, 6.07) is 0. The van der Waals surface area contributed by atoms with Crippen LogP contribution in [-0.2, 0) is 4.74 Å². The van der Waals surface area contributed by atoms with Crippen molar-refractivity contribution in [2.24, 2.45) is 0 Å². The SMILES string of the molecule is COC(C)(C)C(O)c1cncnc1. The fraction of sp³-hybridized carbons (Fsp3) is 0.556. The van der Waals surface area contributed by atoms with Gasteiger partial charge in [-0.15, -0.1) is 0 Å². The molecular weight excluding hydrogens is 168 g/mol. The monoisotopic (exact) mass is 182 g/mol. The molecule has 0 aliphatic carbocycles. The van der Waals surface area contributed by atoms with Crippen LogP contribution < -0.4 is 0 Å². The predicted molar refractivity (Wildman–Crippen MR) is 48.1 cm³/mol. The van der Waals surface area contributed by atoms with E-state index in [-0.39, 0.29) is 0 Å². The topological polar surface area (TPSA) is 55.2 Å². The fourth-order valence-electron chi connectivity index (χ4n) is 0.965. The molecule has 1 atom stereocenters. The molecule has 4 nitrogen and oxygen atoms in total. The van der Waals surface area contributed by atoms with Gasteiger partial charge in [0.1, 0.15) is 12.4 Å².